The van der Waals surface area contributed by atoms with E-state index in [1.54, 1.807) is 24.3 Å². The maximum atomic E-state index is 12.0. The third-order valence-corrected chi connectivity index (χ3v) is 3.17. The average Bonchev–Trinajstić information content (AvgIpc) is 2.51. The standard InChI is InChI=1S/C14H16N2O5/c1-15-12(17)7-8-16(14(15)19)10-3-5-11(6-4-10)21-9-13(18)20-2/h3-6H,7-9H2,1-2H3. The van der Waals surface area contributed by atoms with Crippen LogP contribution < -0.4 is 9.64 Å². The van der Waals surface area contributed by atoms with E-state index in [4.69, 9.17) is 4.74 Å². The minimum Gasteiger partial charge on any atom is -0.482 e. The lowest BCUT2D eigenvalue weighted by molar-refractivity contribution is -0.142. The van der Waals surface area contributed by atoms with E-state index in [0.29, 0.717) is 24.4 Å². The highest BCUT2D eigenvalue weighted by molar-refractivity contribution is 6.05. The third kappa shape index (κ3) is 3.31. The fourth-order valence-corrected chi connectivity index (χ4v) is 1.92. The van der Waals surface area contributed by atoms with Crippen LogP contribution in [0.5, 0.6) is 5.75 Å². The molecule has 1 aliphatic heterocycles. The zero-order valence-electron chi connectivity index (χ0n) is 11.9. The fourth-order valence-electron chi connectivity index (χ4n) is 1.92. The molecule has 7 heteroatoms. The lowest BCUT2D eigenvalue weighted by Crippen LogP contribution is -2.50. The minimum absolute atomic E-state index is 0.171. The predicted octanol–water partition coefficient (Wildman–Crippen LogP) is 1.03. The van der Waals surface area contributed by atoms with Gasteiger partial charge in [-0.25, -0.2) is 9.59 Å². The maximum absolute atomic E-state index is 12.0. The van der Waals surface area contributed by atoms with E-state index in [1.807, 2.05) is 0 Å². The Kier molecular flexibility index (Phi) is 4.42. The van der Waals surface area contributed by atoms with E-state index in [0.717, 1.165) is 4.90 Å². The Balaban J connectivity index is 2.03. The zero-order valence-corrected chi connectivity index (χ0v) is 11.9. The first-order valence-electron chi connectivity index (χ1n) is 6.40. The van der Waals surface area contributed by atoms with Crippen molar-refractivity contribution >= 4 is 23.6 Å². The quantitative estimate of drug-likeness (QED) is 0.775. The van der Waals surface area contributed by atoms with Crippen molar-refractivity contribution in [1.29, 1.82) is 0 Å². The fraction of sp³-hybridized carbons (Fsp3) is 0.357. The predicted molar refractivity (Wildman–Crippen MR) is 74.1 cm³/mol. The van der Waals surface area contributed by atoms with E-state index in [-0.39, 0.29) is 18.5 Å². The SMILES string of the molecule is COC(=O)COc1ccc(N2CCC(=O)N(C)C2=O)cc1. The van der Waals surface area contributed by atoms with Gasteiger partial charge in [0.1, 0.15) is 5.75 Å². The van der Waals surface area contributed by atoms with Crippen LogP contribution in [0.15, 0.2) is 24.3 Å². The topological polar surface area (TPSA) is 76.2 Å². The summed E-state index contributed by atoms with van der Waals surface area (Å²) in [4.78, 5) is 37.0. The van der Waals surface area contributed by atoms with Crippen molar-refractivity contribution in [2.45, 2.75) is 6.42 Å². The highest BCUT2D eigenvalue weighted by Crippen LogP contribution is 2.23. The molecule has 0 unspecified atom stereocenters. The lowest BCUT2D eigenvalue weighted by atomic mass is 10.2. The Morgan fingerprint density at radius 2 is 1.90 bits per heavy atom. The molecule has 1 aromatic rings. The molecule has 0 bridgehead atoms. The molecule has 0 aliphatic carbocycles. The van der Waals surface area contributed by atoms with Crippen LogP contribution in [0.4, 0.5) is 10.5 Å². The molecule has 112 valence electrons. The number of amides is 3. The Bertz CT molecular complexity index is 555. The normalized spacial score (nSPS) is 15.1. The third-order valence-electron chi connectivity index (χ3n) is 3.17. The number of rotatable bonds is 4. The summed E-state index contributed by atoms with van der Waals surface area (Å²) in [6.45, 7) is 0.181. The Hall–Kier alpha value is -2.57. The van der Waals surface area contributed by atoms with Gasteiger partial charge in [0.2, 0.25) is 5.91 Å². The number of hydrogen-bond donors (Lipinski definition) is 0. The van der Waals surface area contributed by atoms with Crippen molar-refractivity contribution in [3.8, 4) is 5.75 Å². The van der Waals surface area contributed by atoms with Crippen molar-refractivity contribution in [1.82, 2.24) is 4.90 Å². The monoisotopic (exact) mass is 292 g/mol. The number of anilines is 1. The molecule has 1 aromatic carbocycles. The van der Waals surface area contributed by atoms with Crippen LogP contribution in [0.3, 0.4) is 0 Å². The van der Waals surface area contributed by atoms with Gasteiger partial charge in [-0.3, -0.25) is 14.6 Å². The highest BCUT2D eigenvalue weighted by atomic mass is 16.6. The number of carbonyl (C=O) groups excluding carboxylic acids is 3. The number of imide groups is 1. The van der Waals surface area contributed by atoms with Crippen LogP contribution in [0.1, 0.15) is 6.42 Å². The molecule has 0 aromatic heterocycles. The lowest BCUT2D eigenvalue weighted by Gasteiger charge is -2.31. The Labute approximate surface area is 122 Å². The summed E-state index contributed by atoms with van der Waals surface area (Å²) in [6.07, 6.45) is 0.294. The van der Waals surface area contributed by atoms with Gasteiger partial charge >= 0.3 is 12.0 Å². The second-order valence-electron chi connectivity index (χ2n) is 4.50. The van der Waals surface area contributed by atoms with Crippen molar-refractivity contribution in [2.75, 3.05) is 32.2 Å². The molecule has 3 amide bonds. The molecule has 1 fully saturated rings. The van der Waals surface area contributed by atoms with Crippen molar-refractivity contribution < 1.29 is 23.9 Å². The van der Waals surface area contributed by atoms with Gasteiger partial charge < -0.3 is 9.47 Å². The number of urea groups is 1. The number of nitrogens with zero attached hydrogens (tertiary/aromatic N) is 2. The number of benzene rings is 1. The van der Waals surface area contributed by atoms with Gasteiger partial charge in [0.05, 0.1) is 7.11 Å². The summed E-state index contributed by atoms with van der Waals surface area (Å²) in [5.74, 6) is -0.155. The molecule has 0 radical (unpaired) electrons. The summed E-state index contributed by atoms with van der Waals surface area (Å²) in [5.41, 5.74) is 0.671. The van der Waals surface area contributed by atoms with E-state index in [2.05, 4.69) is 4.74 Å². The number of esters is 1. The number of carbonyl (C=O) groups is 3. The van der Waals surface area contributed by atoms with Crippen molar-refractivity contribution in [3.05, 3.63) is 24.3 Å². The Morgan fingerprint density at radius 3 is 2.52 bits per heavy atom. The smallest absolute Gasteiger partial charge is 0.343 e. The first kappa shape index (κ1) is 14.8. The highest BCUT2D eigenvalue weighted by Gasteiger charge is 2.29. The molecule has 0 N–H and O–H groups in total. The van der Waals surface area contributed by atoms with Gasteiger partial charge in [0.25, 0.3) is 0 Å². The molecule has 1 saturated heterocycles. The summed E-state index contributed by atoms with van der Waals surface area (Å²) in [6, 6.07) is 6.36. The molecule has 1 aliphatic rings. The first-order valence-corrected chi connectivity index (χ1v) is 6.40. The van der Waals surface area contributed by atoms with E-state index < -0.39 is 5.97 Å². The average molecular weight is 292 g/mol. The van der Waals surface area contributed by atoms with E-state index in [1.165, 1.54) is 19.1 Å². The van der Waals surface area contributed by atoms with Gasteiger partial charge in [0, 0.05) is 25.7 Å². The van der Waals surface area contributed by atoms with E-state index >= 15 is 0 Å². The minimum atomic E-state index is -0.467. The summed E-state index contributed by atoms with van der Waals surface area (Å²) in [5, 5.41) is 0. The summed E-state index contributed by atoms with van der Waals surface area (Å²) >= 11 is 0. The van der Waals surface area contributed by atoms with Crippen molar-refractivity contribution in [2.24, 2.45) is 0 Å². The molecule has 1 heterocycles. The number of hydrogen-bond acceptors (Lipinski definition) is 5. The van der Waals surface area contributed by atoms with Gasteiger partial charge in [-0.1, -0.05) is 0 Å². The largest absolute Gasteiger partial charge is 0.482 e. The molecule has 2 rings (SSSR count). The van der Waals surface area contributed by atoms with Crippen molar-refractivity contribution in [3.63, 3.8) is 0 Å². The molecular formula is C14H16N2O5. The van der Waals surface area contributed by atoms with E-state index in [9.17, 15) is 14.4 Å². The molecule has 21 heavy (non-hydrogen) atoms. The van der Waals surface area contributed by atoms with Crippen LogP contribution in [-0.2, 0) is 14.3 Å². The Morgan fingerprint density at radius 1 is 1.24 bits per heavy atom. The second-order valence-corrected chi connectivity index (χ2v) is 4.50. The molecule has 0 atom stereocenters. The zero-order chi connectivity index (χ0) is 15.4. The van der Waals surface area contributed by atoms with Gasteiger partial charge in [-0.2, -0.15) is 0 Å². The summed E-state index contributed by atoms with van der Waals surface area (Å²) < 4.78 is 9.70. The van der Waals surface area contributed by atoms with Crippen LogP contribution >= 0.6 is 0 Å². The number of ether oxygens (including phenoxy) is 2. The molecule has 0 spiro atoms. The van der Waals surface area contributed by atoms with Crippen LogP contribution in [0.25, 0.3) is 0 Å². The van der Waals surface area contributed by atoms with Crippen LogP contribution in [-0.4, -0.2) is 50.1 Å². The second kappa shape index (κ2) is 6.25. The molecule has 0 saturated carbocycles. The molecule has 7 nitrogen and oxygen atoms in total. The van der Waals surface area contributed by atoms with Gasteiger partial charge in [-0.15, -0.1) is 0 Å². The van der Waals surface area contributed by atoms with Crippen LogP contribution in [0, 0.1) is 0 Å². The van der Waals surface area contributed by atoms with Crippen LogP contribution in [0.2, 0.25) is 0 Å². The van der Waals surface area contributed by atoms with Gasteiger partial charge in [-0.05, 0) is 24.3 Å². The maximum Gasteiger partial charge on any atom is 0.343 e. The molecular weight excluding hydrogens is 276 g/mol. The first-order chi connectivity index (χ1) is 10.0. The summed E-state index contributed by atoms with van der Waals surface area (Å²) in [7, 11) is 2.75. The van der Waals surface area contributed by atoms with Gasteiger partial charge in [0.15, 0.2) is 6.61 Å². The number of methoxy groups -OCH3 is 1.